The molecule has 0 bridgehead atoms. The number of hydrogen-bond acceptors (Lipinski definition) is 3. The maximum atomic E-state index is 11.4. The number of piperazine rings is 1. The Morgan fingerprint density at radius 1 is 1.50 bits per heavy atom. The number of rotatable bonds is 2. The standard InChI is InChI=1S/C10H15N3O/c11-4-1-5-12-6-7-13-9(8-12)2-3-10(13)14/h9H,1-3,5-8H2. The summed E-state index contributed by atoms with van der Waals surface area (Å²) in [6.07, 6.45) is 2.32. The lowest BCUT2D eigenvalue weighted by Crippen LogP contribution is -2.51. The Bertz CT molecular complexity index is 271. The van der Waals surface area contributed by atoms with Crippen LogP contribution in [0.4, 0.5) is 0 Å². The summed E-state index contributed by atoms with van der Waals surface area (Å²) in [4.78, 5) is 15.7. The molecule has 2 aliphatic rings. The van der Waals surface area contributed by atoms with Crippen molar-refractivity contribution in [3.8, 4) is 6.07 Å². The highest BCUT2D eigenvalue weighted by atomic mass is 16.2. The van der Waals surface area contributed by atoms with Gasteiger partial charge in [-0.2, -0.15) is 5.26 Å². The predicted octanol–water partition coefficient (Wildman–Crippen LogP) is 0.207. The van der Waals surface area contributed by atoms with E-state index in [0.717, 1.165) is 39.0 Å². The highest BCUT2D eigenvalue weighted by Gasteiger charge is 2.34. The number of carbonyl (C=O) groups is 1. The van der Waals surface area contributed by atoms with Gasteiger partial charge in [-0.25, -0.2) is 0 Å². The third-order valence-electron chi connectivity index (χ3n) is 3.12. The molecule has 1 unspecified atom stereocenters. The molecule has 76 valence electrons. The number of hydrogen-bond donors (Lipinski definition) is 0. The molecule has 1 amide bonds. The second kappa shape index (κ2) is 3.97. The number of carbonyl (C=O) groups excluding carboxylic acids is 1. The number of nitrogens with zero attached hydrogens (tertiary/aromatic N) is 3. The summed E-state index contributed by atoms with van der Waals surface area (Å²) >= 11 is 0. The zero-order chi connectivity index (χ0) is 9.97. The van der Waals surface area contributed by atoms with Gasteiger partial charge in [0.05, 0.1) is 6.07 Å². The molecular weight excluding hydrogens is 178 g/mol. The van der Waals surface area contributed by atoms with Crippen molar-refractivity contribution in [1.29, 1.82) is 5.26 Å². The Morgan fingerprint density at radius 2 is 2.36 bits per heavy atom. The SMILES string of the molecule is N#CCCN1CCN2C(=O)CCC2C1. The van der Waals surface area contributed by atoms with Gasteiger partial charge in [0, 0.05) is 45.1 Å². The van der Waals surface area contributed by atoms with Crippen LogP contribution in [-0.4, -0.2) is 47.9 Å². The first kappa shape index (κ1) is 9.47. The maximum absolute atomic E-state index is 11.4. The van der Waals surface area contributed by atoms with E-state index in [1.807, 2.05) is 4.90 Å². The lowest BCUT2D eigenvalue weighted by Gasteiger charge is -2.37. The van der Waals surface area contributed by atoms with Crippen molar-refractivity contribution in [3.05, 3.63) is 0 Å². The minimum absolute atomic E-state index is 0.315. The normalized spacial score (nSPS) is 27.5. The summed E-state index contributed by atoms with van der Waals surface area (Å²) in [7, 11) is 0. The summed E-state index contributed by atoms with van der Waals surface area (Å²) in [5.74, 6) is 0.315. The molecule has 2 saturated heterocycles. The van der Waals surface area contributed by atoms with Crippen molar-refractivity contribution >= 4 is 5.91 Å². The highest BCUT2D eigenvalue weighted by molar-refractivity contribution is 5.78. The molecule has 2 rings (SSSR count). The molecule has 4 heteroatoms. The van der Waals surface area contributed by atoms with Crippen molar-refractivity contribution in [3.63, 3.8) is 0 Å². The molecule has 1 atom stereocenters. The highest BCUT2D eigenvalue weighted by Crippen LogP contribution is 2.22. The smallest absolute Gasteiger partial charge is 0.222 e. The zero-order valence-electron chi connectivity index (χ0n) is 8.28. The van der Waals surface area contributed by atoms with Crippen molar-refractivity contribution in [1.82, 2.24) is 9.80 Å². The van der Waals surface area contributed by atoms with Crippen LogP contribution in [0.5, 0.6) is 0 Å². The van der Waals surface area contributed by atoms with Crippen LogP contribution in [-0.2, 0) is 4.79 Å². The maximum Gasteiger partial charge on any atom is 0.222 e. The summed E-state index contributed by atoms with van der Waals surface area (Å²) in [6, 6.07) is 2.59. The molecular formula is C10H15N3O. The van der Waals surface area contributed by atoms with E-state index < -0.39 is 0 Å². The predicted molar refractivity (Wildman–Crippen MR) is 51.4 cm³/mol. The van der Waals surface area contributed by atoms with Gasteiger partial charge < -0.3 is 4.90 Å². The molecule has 0 aliphatic carbocycles. The first-order valence-corrected chi connectivity index (χ1v) is 5.20. The third kappa shape index (κ3) is 1.73. The second-order valence-electron chi connectivity index (χ2n) is 3.99. The zero-order valence-corrected chi connectivity index (χ0v) is 8.28. The van der Waals surface area contributed by atoms with Crippen LogP contribution >= 0.6 is 0 Å². The Hall–Kier alpha value is -1.08. The summed E-state index contributed by atoms with van der Waals surface area (Å²) in [5.41, 5.74) is 0. The minimum atomic E-state index is 0.315. The molecule has 2 fully saturated rings. The van der Waals surface area contributed by atoms with Gasteiger partial charge in [0.25, 0.3) is 0 Å². The summed E-state index contributed by atoms with van der Waals surface area (Å²) in [5, 5.41) is 8.49. The largest absolute Gasteiger partial charge is 0.337 e. The fourth-order valence-electron chi connectivity index (χ4n) is 2.34. The van der Waals surface area contributed by atoms with E-state index in [2.05, 4.69) is 11.0 Å². The van der Waals surface area contributed by atoms with Gasteiger partial charge >= 0.3 is 0 Å². The van der Waals surface area contributed by atoms with E-state index in [-0.39, 0.29) is 0 Å². The van der Waals surface area contributed by atoms with Crippen LogP contribution in [0.2, 0.25) is 0 Å². The first-order chi connectivity index (χ1) is 6.81. The lowest BCUT2D eigenvalue weighted by atomic mass is 10.1. The van der Waals surface area contributed by atoms with Crippen LogP contribution in [0.1, 0.15) is 19.3 Å². The van der Waals surface area contributed by atoms with Gasteiger partial charge in [-0.05, 0) is 6.42 Å². The van der Waals surface area contributed by atoms with Gasteiger partial charge in [-0.3, -0.25) is 9.69 Å². The van der Waals surface area contributed by atoms with E-state index >= 15 is 0 Å². The average molecular weight is 193 g/mol. The van der Waals surface area contributed by atoms with Crippen LogP contribution in [0.25, 0.3) is 0 Å². The van der Waals surface area contributed by atoms with E-state index in [1.54, 1.807) is 0 Å². The molecule has 0 aromatic heterocycles. The van der Waals surface area contributed by atoms with Crippen molar-refractivity contribution in [2.75, 3.05) is 26.2 Å². The van der Waals surface area contributed by atoms with Crippen molar-refractivity contribution in [2.24, 2.45) is 0 Å². The molecule has 0 N–H and O–H groups in total. The molecule has 0 aromatic carbocycles. The summed E-state index contributed by atoms with van der Waals surface area (Å²) < 4.78 is 0. The fraction of sp³-hybridized carbons (Fsp3) is 0.800. The van der Waals surface area contributed by atoms with Gasteiger partial charge in [-0.15, -0.1) is 0 Å². The Morgan fingerprint density at radius 3 is 3.14 bits per heavy atom. The Balaban J connectivity index is 1.87. The Labute approximate surface area is 84.1 Å². The molecule has 0 spiro atoms. The third-order valence-corrected chi connectivity index (χ3v) is 3.12. The molecule has 4 nitrogen and oxygen atoms in total. The van der Waals surface area contributed by atoms with Crippen LogP contribution in [0.3, 0.4) is 0 Å². The molecule has 2 aliphatic heterocycles. The van der Waals surface area contributed by atoms with Gasteiger partial charge in [0.2, 0.25) is 5.91 Å². The average Bonchev–Trinajstić information content (AvgIpc) is 2.57. The van der Waals surface area contributed by atoms with E-state index in [9.17, 15) is 4.79 Å². The van der Waals surface area contributed by atoms with Crippen LogP contribution in [0, 0.1) is 11.3 Å². The molecule has 14 heavy (non-hydrogen) atoms. The second-order valence-corrected chi connectivity index (χ2v) is 3.99. The number of fused-ring (bicyclic) bond motifs is 1. The van der Waals surface area contributed by atoms with Crippen molar-refractivity contribution in [2.45, 2.75) is 25.3 Å². The molecule has 2 heterocycles. The summed E-state index contributed by atoms with van der Waals surface area (Å²) in [6.45, 7) is 3.61. The van der Waals surface area contributed by atoms with Gasteiger partial charge in [0.15, 0.2) is 0 Å². The van der Waals surface area contributed by atoms with Crippen LogP contribution in [0.15, 0.2) is 0 Å². The van der Waals surface area contributed by atoms with Gasteiger partial charge in [0.1, 0.15) is 0 Å². The topological polar surface area (TPSA) is 47.3 Å². The van der Waals surface area contributed by atoms with Crippen molar-refractivity contribution < 1.29 is 4.79 Å². The molecule has 0 aromatic rings. The monoisotopic (exact) mass is 193 g/mol. The Kier molecular flexibility index (Phi) is 2.69. The van der Waals surface area contributed by atoms with E-state index in [1.165, 1.54) is 0 Å². The van der Waals surface area contributed by atoms with E-state index in [4.69, 9.17) is 5.26 Å². The number of amides is 1. The quantitative estimate of drug-likeness (QED) is 0.629. The van der Waals surface area contributed by atoms with E-state index in [0.29, 0.717) is 18.4 Å². The van der Waals surface area contributed by atoms with Crippen LogP contribution < -0.4 is 0 Å². The number of nitriles is 1. The first-order valence-electron chi connectivity index (χ1n) is 5.20. The van der Waals surface area contributed by atoms with Gasteiger partial charge in [-0.1, -0.05) is 0 Å². The lowest BCUT2D eigenvalue weighted by molar-refractivity contribution is -0.130. The molecule has 0 radical (unpaired) electrons. The fourth-order valence-corrected chi connectivity index (χ4v) is 2.34. The molecule has 0 saturated carbocycles. The minimum Gasteiger partial charge on any atom is -0.337 e.